The molecule has 7 nitrogen and oxygen atoms in total. The summed E-state index contributed by atoms with van der Waals surface area (Å²) < 4.78 is 56.7. The first-order valence-corrected chi connectivity index (χ1v) is 12.9. The third-order valence-corrected chi connectivity index (χ3v) is 7.30. The van der Waals surface area contributed by atoms with Gasteiger partial charge in [-0.2, -0.15) is 0 Å². The molecule has 2 aliphatic rings. The molecule has 39 heavy (non-hydrogen) atoms. The van der Waals surface area contributed by atoms with Crippen molar-refractivity contribution in [2.45, 2.75) is 63.0 Å². The number of benzene rings is 2. The summed E-state index contributed by atoms with van der Waals surface area (Å²) in [6.07, 6.45) is 0.673. The predicted octanol–water partition coefficient (Wildman–Crippen LogP) is 5.50. The van der Waals surface area contributed by atoms with E-state index in [1.54, 1.807) is 0 Å². The molecular weight excluding hydrogens is 542 g/mol. The molecule has 0 bridgehead atoms. The number of aromatic nitrogens is 1. The second kappa shape index (κ2) is 10.5. The van der Waals surface area contributed by atoms with Crippen LogP contribution < -0.4 is 20.8 Å². The number of hydrogen-bond donors (Lipinski definition) is 2. The summed E-state index contributed by atoms with van der Waals surface area (Å²) in [6, 6.07) is 6.83. The summed E-state index contributed by atoms with van der Waals surface area (Å²) in [5.74, 6) is -2.11. The third kappa shape index (κ3) is 6.19. The van der Waals surface area contributed by atoms with E-state index in [0.717, 1.165) is 31.0 Å². The van der Waals surface area contributed by atoms with E-state index in [0.29, 0.717) is 31.2 Å². The molecule has 0 radical (unpaired) electrons. The molecule has 2 fully saturated rings. The first-order chi connectivity index (χ1) is 18.5. The van der Waals surface area contributed by atoms with E-state index >= 15 is 0 Å². The normalized spacial score (nSPS) is 19.5. The Bertz CT molecular complexity index is 1480. The van der Waals surface area contributed by atoms with Crippen LogP contribution >= 0.6 is 11.6 Å². The second-order valence-electron chi connectivity index (χ2n) is 9.86. The van der Waals surface area contributed by atoms with Crippen molar-refractivity contribution in [3.05, 3.63) is 74.8 Å². The fraction of sp³-hybridized carbons (Fsp3) is 0.370. The summed E-state index contributed by atoms with van der Waals surface area (Å²) in [7, 11) is 0. The van der Waals surface area contributed by atoms with Gasteiger partial charge in [0, 0.05) is 35.3 Å². The van der Waals surface area contributed by atoms with Gasteiger partial charge in [-0.1, -0.05) is 11.6 Å². The predicted molar refractivity (Wildman–Crippen MR) is 136 cm³/mol. The third-order valence-electron chi connectivity index (χ3n) is 7.01. The van der Waals surface area contributed by atoms with Crippen molar-refractivity contribution < 1.29 is 31.9 Å². The van der Waals surface area contributed by atoms with Crippen molar-refractivity contribution in [3.8, 4) is 5.75 Å². The quantitative estimate of drug-likeness (QED) is 0.386. The highest BCUT2D eigenvalue weighted by molar-refractivity contribution is 6.31. The Labute approximate surface area is 225 Å². The number of hydrogen-bond acceptors (Lipinski definition) is 4. The smallest absolute Gasteiger partial charge is 0.406 e. The molecule has 12 heteroatoms. The van der Waals surface area contributed by atoms with Crippen LogP contribution in [0.4, 0.5) is 17.6 Å². The van der Waals surface area contributed by atoms with Gasteiger partial charge in [0.2, 0.25) is 5.43 Å². The molecule has 2 aliphatic carbocycles. The molecule has 1 aromatic heterocycles. The van der Waals surface area contributed by atoms with Crippen LogP contribution in [0, 0.1) is 5.82 Å². The molecule has 3 aromatic rings. The molecule has 206 valence electrons. The molecule has 0 saturated heterocycles. The van der Waals surface area contributed by atoms with Gasteiger partial charge in [-0.05, 0) is 74.9 Å². The zero-order valence-electron chi connectivity index (χ0n) is 20.5. The van der Waals surface area contributed by atoms with Gasteiger partial charge in [0.1, 0.15) is 17.1 Å². The van der Waals surface area contributed by atoms with Gasteiger partial charge in [-0.3, -0.25) is 14.4 Å². The van der Waals surface area contributed by atoms with Crippen LogP contribution in [0.1, 0.15) is 65.3 Å². The van der Waals surface area contributed by atoms with E-state index in [4.69, 9.17) is 11.6 Å². The molecule has 0 atom stereocenters. The minimum absolute atomic E-state index is 0.0653. The maximum absolute atomic E-state index is 14.1. The first-order valence-electron chi connectivity index (χ1n) is 12.5. The number of carbonyl (C=O) groups excluding carboxylic acids is 2. The van der Waals surface area contributed by atoms with E-state index in [9.17, 15) is 31.9 Å². The van der Waals surface area contributed by atoms with E-state index in [2.05, 4.69) is 15.4 Å². The van der Waals surface area contributed by atoms with Crippen LogP contribution in [0.2, 0.25) is 5.02 Å². The second-order valence-corrected chi connectivity index (χ2v) is 10.3. The highest BCUT2D eigenvalue weighted by Crippen LogP contribution is 2.37. The Hall–Kier alpha value is -3.60. The number of nitrogens with one attached hydrogen (secondary N) is 2. The van der Waals surface area contributed by atoms with Crippen molar-refractivity contribution in [3.63, 3.8) is 0 Å². The largest absolute Gasteiger partial charge is 0.573 e. The van der Waals surface area contributed by atoms with E-state index in [1.165, 1.54) is 24.4 Å². The van der Waals surface area contributed by atoms with Gasteiger partial charge < -0.3 is 19.9 Å². The Morgan fingerprint density at radius 2 is 1.51 bits per heavy atom. The molecule has 0 spiro atoms. The molecule has 2 amide bonds. The highest BCUT2D eigenvalue weighted by atomic mass is 35.5. The molecular formula is C27H24ClF4N3O4. The van der Waals surface area contributed by atoms with E-state index in [-0.39, 0.29) is 39.7 Å². The lowest BCUT2D eigenvalue weighted by Crippen LogP contribution is -2.44. The lowest BCUT2D eigenvalue weighted by Gasteiger charge is -2.29. The first kappa shape index (κ1) is 27.0. The van der Waals surface area contributed by atoms with Crippen molar-refractivity contribution in [2.24, 2.45) is 0 Å². The molecule has 5 rings (SSSR count). The van der Waals surface area contributed by atoms with Crippen molar-refractivity contribution in [1.29, 1.82) is 0 Å². The lowest BCUT2D eigenvalue weighted by atomic mass is 9.90. The number of pyridine rings is 1. The monoisotopic (exact) mass is 565 g/mol. The Morgan fingerprint density at radius 3 is 2.08 bits per heavy atom. The molecule has 2 aromatic carbocycles. The minimum atomic E-state index is -4.81. The summed E-state index contributed by atoms with van der Waals surface area (Å²) in [6.45, 7) is 0. The topological polar surface area (TPSA) is 89.4 Å². The number of carbonyl (C=O) groups is 2. The molecule has 2 N–H and O–H groups in total. The number of rotatable bonds is 6. The van der Waals surface area contributed by atoms with Crippen molar-refractivity contribution >= 4 is 34.3 Å². The van der Waals surface area contributed by atoms with Gasteiger partial charge in [-0.15, -0.1) is 13.2 Å². The standard InChI is InChI=1S/C27H24ClF4N3O4/c28-21-12-23-19(11-22(21)29)24(36)20(13-35(23)17-7-8-17)26(38)34-16-5-3-15(4-6-16)33-25(37)14-1-9-18(10-2-14)39-27(30,31)32/h1-2,9-13,15-17H,3-8H2,(H,33,37)(H,34,38). The van der Waals surface area contributed by atoms with E-state index in [1.807, 2.05) is 4.57 Å². The van der Waals surface area contributed by atoms with Gasteiger partial charge >= 0.3 is 6.36 Å². The van der Waals surface area contributed by atoms with Crippen LogP contribution in [-0.4, -0.2) is 34.8 Å². The fourth-order valence-corrected chi connectivity index (χ4v) is 5.04. The zero-order valence-corrected chi connectivity index (χ0v) is 21.2. The van der Waals surface area contributed by atoms with Crippen LogP contribution in [-0.2, 0) is 0 Å². The van der Waals surface area contributed by atoms with Crippen LogP contribution in [0.3, 0.4) is 0 Å². The molecule has 0 aliphatic heterocycles. The number of ether oxygens (including phenoxy) is 1. The average molecular weight is 566 g/mol. The van der Waals surface area contributed by atoms with Crippen LogP contribution in [0.5, 0.6) is 5.75 Å². The molecule has 1 heterocycles. The number of halogens is 5. The number of alkyl halides is 3. The number of nitrogens with zero attached hydrogens (tertiary/aromatic N) is 1. The van der Waals surface area contributed by atoms with Gasteiger partial charge in [-0.25, -0.2) is 4.39 Å². The van der Waals surface area contributed by atoms with Gasteiger partial charge in [0.15, 0.2) is 0 Å². The fourth-order valence-electron chi connectivity index (χ4n) is 4.88. The Kier molecular flexibility index (Phi) is 7.28. The Morgan fingerprint density at radius 1 is 0.923 bits per heavy atom. The number of fused-ring (bicyclic) bond motifs is 1. The number of amides is 2. The van der Waals surface area contributed by atoms with Crippen LogP contribution in [0.15, 0.2) is 47.4 Å². The molecule has 0 unspecified atom stereocenters. The maximum atomic E-state index is 14.1. The van der Waals surface area contributed by atoms with Crippen molar-refractivity contribution in [2.75, 3.05) is 0 Å². The maximum Gasteiger partial charge on any atom is 0.573 e. The van der Waals surface area contributed by atoms with E-state index < -0.39 is 35.2 Å². The summed E-state index contributed by atoms with van der Waals surface area (Å²) in [5.41, 5.74) is 0.0530. The molecule has 2 saturated carbocycles. The summed E-state index contributed by atoms with van der Waals surface area (Å²) >= 11 is 5.94. The summed E-state index contributed by atoms with van der Waals surface area (Å²) in [5, 5.41) is 5.76. The van der Waals surface area contributed by atoms with Gasteiger partial charge in [0.05, 0.1) is 10.5 Å². The zero-order chi connectivity index (χ0) is 27.9. The summed E-state index contributed by atoms with van der Waals surface area (Å²) in [4.78, 5) is 38.7. The van der Waals surface area contributed by atoms with Crippen molar-refractivity contribution in [1.82, 2.24) is 15.2 Å². The minimum Gasteiger partial charge on any atom is -0.406 e. The Balaban J connectivity index is 1.20. The average Bonchev–Trinajstić information content (AvgIpc) is 3.71. The highest BCUT2D eigenvalue weighted by Gasteiger charge is 2.31. The lowest BCUT2D eigenvalue weighted by molar-refractivity contribution is -0.274. The van der Waals surface area contributed by atoms with Crippen LogP contribution in [0.25, 0.3) is 10.9 Å². The SMILES string of the molecule is O=C(NC1CCC(NC(=O)c2cn(C3CC3)c3cc(Cl)c(F)cc3c2=O)CC1)c1ccc(OC(F)(F)F)cc1. The van der Waals surface area contributed by atoms with Gasteiger partial charge in [0.25, 0.3) is 11.8 Å².